The predicted octanol–water partition coefficient (Wildman–Crippen LogP) is 2.94. The normalized spacial score (nSPS) is 15.5. The highest BCUT2D eigenvalue weighted by atomic mass is 32.2. The fourth-order valence-corrected chi connectivity index (χ4v) is 4.42. The molecule has 0 saturated carbocycles. The number of esters is 1. The number of amides is 2. The Kier molecular flexibility index (Phi) is 7.12. The average Bonchev–Trinajstić information content (AvgIpc) is 3.31. The van der Waals surface area contributed by atoms with Crippen molar-refractivity contribution in [1.29, 1.82) is 0 Å². The molecule has 0 radical (unpaired) electrons. The fraction of sp³-hybridized carbons (Fsp3) is 0.261. The van der Waals surface area contributed by atoms with Gasteiger partial charge >= 0.3 is 12.0 Å². The highest BCUT2D eigenvalue weighted by Gasteiger charge is 2.34. The minimum atomic E-state index is -0.679. The molecule has 34 heavy (non-hydrogen) atoms. The van der Waals surface area contributed by atoms with Gasteiger partial charge in [-0.25, -0.2) is 9.59 Å². The van der Waals surface area contributed by atoms with E-state index in [1.807, 2.05) is 31.2 Å². The summed E-state index contributed by atoms with van der Waals surface area (Å²) < 4.78 is 12.2. The van der Waals surface area contributed by atoms with Crippen molar-refractivity contribution in [1.82, 2.24) is 30.8 Å². The molecule has 4 rings (SSSR count). The molecule has 2 amide bonds. The number of urea groups is 1. The summed E-state index contributed by atoms with van der Waals surface area (Å²) in [6, 6.07) is 13.8. The van der Waals surface area contributed by atoms with Gasteiger partial charge in [0.2, 0.25) is 5.16 Å². The molecule has 10 nitrogen and oxygen atoms in total. The highest BCUT2D eigenvalue weighted by Crippen LogP contribution is 2.31. The van der Waals surface area contributed by atoms with Gasteiger partial charge in [-0.2, -0.15) is 4.68 Å². The monoisotopic (exact) mass is 480 g/mol. The lowest BCUT2D eigenvalue weighted by Gasteiger charge is -2.29. The van der Waals surface area contributed by atoms with Crippen LogP contribution < -0.4 is 15.4 Å². The molecule has 2 aromatic carbocycles. The summed E-state index contributed by atoms with van der Waals surface area (Å²) in [5.41, 5.74) is 3.38. The number of nitrogens with zero attached hydrogens (tertiary/aromatic N) is 4. The van der Waals surface area contributed by atoms with Crippen molar-refractivity contribution >= 4 is 23.8 Å². The van der Waals surface area contributed by atoms with Gasteiger partial charge in [0.15, 0.2) is 0 Å². The number of carbonyl (C=O) groups excluding carboxylic acids is 2. The van der Waals surface area contributed by atoms with Crippen LogP contribution in [0.2, 0.25) is 0 Å². The average molecular weight is 481 g/mol. The molecule has 176 valence electrons. The Bertz CT molecular complexity index is 1220. The summed E-state index contributed by atoms with van der Waals surface area (Å²) >= 11 is 1.30. The molecule has 1 unspecified atom stereocenters. The van der Waals surface area contributed by atoms with E-state index in [2.05, 4.69) is 26.2 Å². The third kappa shape index (κ3) is 5.04. The molecular formula is C23H24N6O4S. The van der Waals surface area contributed by atoms with Crippen LogP contribution in [-0.2, 0) is 9.53 Å². The lowest BCUT2D eigenvalue weighted by atomic mass is 9.95. The van der Waals surface area contributed by atoms with E-state index in [1.165, 1.54) is 11.8 Å². The first-order valence-corrected chi connectivity index (χ1v) is 11.6. The second-order valence-corrected chi connectivity index (χ2v) is 8.36. The van der Waals surface area contributed by atoms with Crippen LogP contribution in [0, 0.1) is 6.92 Å². The van der Waals surface area contributed by atoms with Gasteiger partial charge in [0, 0.05) is 11.4 Å². The zero-order chi connectivity index (χ0) is 24.1. The smallest absolute Gasteiger partial charge is 0.338 e. The van der Waals surface area contributed by atoms with Crippen LogP contribution in [0.1, 0.15) is 24.1 Å². The number of aryl methyl sites for hydroxylation is 1. The molecule has 0 bridgehead atoms. The van der Waals surface area contributed by atoms with Gasteiger partial charge in [0.05, 0.1) is 31.0 Å². The number of ether oxygens (including phenoxy) is 2. The number of aromatic nitrogens is 4. The van der Waals surface area contributed by atoms with Crippen molar-refractivity contribution in [3.63, 3.8) is 0 Å². The topological polar surface area (TPSA) is 120 Å². The summed E-state index contributed by atoms with van der Waals surface area (Å²) in [4.78, 5) is 25.5. The Morgan fingerprint density at radius 3 is 2.71 bits per heavy atom. The summed E-state index contributed by atoms with van der Waals surface area (Å²) in [5.74, 6) is 0.412. The number of tetrazole rings is 1. The summed E-state index contributed by atoms with van der Waals surface area (Å²) in [6.45, 7) is 3.93. The standard InChI is InChI=1S/C23H24N6O4S/c1-4-33-21(30)19-18(24-22(31)25-20(19)15-8-10-17(32-3)11-9-15)13-34-23-26-27-28-29(23)16-7-5-6-14(2)12-16/h5-12,20H,4,13H2,1-3H3,(H2,24,25,31). The van der Waals surface area contributed by atoms with Crippen LogP contribution in [0.25, 0.3) is 5.69 Å². The number of thioether (sulfide) groups is 1. The van der Waals surface area contributed by atoms with Crippen LogP contribution >= 0.6 is 11.8 Å². The SMILES string of the molecule is CCOC(=O)C1=C(CSc2nnnn2-c2cccc(C)c2)NC(=O)NC1c1ccc(OC)cc1. The molecule has 3 aromatic rings. The molecule has 1 atom stereocenters. The van der Waals surface area contributed by atoms with Gasteiger partial charge < -0.3 is 20.1 Å². The van der Waals surface area contributed by atoms with Gasteiger partial charge in [-0.1, -0.05) is 36.0 Å². The van der Waals surface area contributed by atoms with Crippen LogP contribution in [0.4, 0.5) is 4.79 Å². The third-order valence-corrected chi connectivity index (χ3v) is 6.08. The number of nitrogens with one attached hydrogen (secondary N) is 2. The predicted molar refractivity (Wildman–Crippen MR) is 126 cm³/mol. The maximum absolute atomic E-state index is 13.0. The van der Waals surface area contributed by atoms with Crippen molar-refractivity contribution in [2.24, 2.45) is 0 Å². The van der Waals surface area contributed by atoms with E-state index in [0.717, 1.165) is 16.8 Å². The van der Waals surface area contributed by atoms with Crippen LogP contribution in [-0.4, -0.2) is 51.7 Å². The minimum absolute atomic E-state index is 0.206. The summed E-state index contributed by atoms with van der Waals surface area (Å²) in [5, 5.41) is 18.1. The van der Waals surface area contributed by atoms with E-state index >= 15 is 0 Å². The number of methoxy groups -OCH3 is 1. The maximum atomic E-state index is 13.0. The van der Waals surface area contributed by atoms with Crippen molar-refractivity contribution in [3.8, 4) is 11.4 Å². The zero-order valence-corrected chi connectivity index (χ0v) is 19.8. The maximum Gasteiger partial charge on any atom is 0.338 e. The lowest BCUT2D eigenvalue weighted by molar-refractivity contribution is -0.139. The van der Waals surface area contributed by atoms with E-state index in [-0.39, 0.29) is 12.4 Å². The first-order chi connectivity index (χ1) is 16.5. The first kappa shape index (κ1) is 23.3. The molecule has 11 heteroatoms. The van der Waals surface area contributed by atoms with Crippen molar-refractivity contribution < 1.29 is 19.1 Å². The Balaban J connectivity index is 1.66. The molecular weight excluding hydrogens is 456 g/mol. The van der Waals surface area contributed by atoms with Crippen LogP contribution in [0.5, 0.6) is 5.75 Å². The van der Waals surface area contributed by atoms with Crippen molar-refractivity contribution in [2.45, 2.75) is 25.0 Å². The van der Waals surface area contributed by atoms with Gasteiger partial charge in [0.25, 0.3) is 0 Å². The Morgan fingerprint density at radius 2 is 2.00 bits per heavy atom. The van der Waals surface area contributed by atoms with Gasteiger partial charge in [-0.3, -0.25) is 0 Å². The van der Waals surface area contributed by atoms with E-state index in [4.69, 9.17) is 9.47 Å². The highest BCUT2D eigenvalue weighted by molar-refractivity contribution is 7.99. The lowest BCUT2D eigenvalue weighted by Crippen LogP contribution is -2.46. The van der Waals surface area contributed by atoms with Gasteiger partial charge in [-0.05, 0) is 59.7 Å². The molecule has 0 aliphatic carbocycles. The van der Waals surface area contributed by atoms with Crippen molar-refractivity contribution in [2.75, 3.05) is 19.5 Å². The molecule has 1 aromatic heterocycles. The Morgan fingerprint density at radius 1 is 1.21 bits per heavy atom. The number of carbonyl (C=O) groups is 2. The van der Waals surface area contributed by atoms with E-state index < -0.39 is 18.0 Å². The Hall–Kier alpha value is -3.86. The van der Waals surface area contributed by atoms with E-state index in [1.54, 1.807) is 43.0 Å². The molecule has 2 heterocycles. The largest absolute Gasteiger partial charge is 0.497 e. The third-order valence-electron chi connectivity index (χ3n) is 5.13. The number of hydrogen-bond acceptors (Lipinski definition) is 8. The van der Waals surface area contributed by atoms with Gasteiger partial charge in [0.1, 0.15) is 5.75 Å². The molecule has 1 aliphatic heterocycles. The number of hydrogen-bond donors (Lipinski definition) is 2. The number of rotatable bonds is 8. The minimum Gasteiger partial charge on any atom is -0.497 e. The van der Waals surface area contributed by atoms with E-state index in [0.29, 0.717) is 22.2 Å². The van der Waals surface area contributed by atoms with Crippen LogP contribution in [0.15, 0.2) is 65.0 Å². The molecule has 0 spiro atoms. The summed E-state index contributed by atoms with van der Waals surface area (Å²) in [7, 11) is 1.57. The fourth-order valence-electron chi connectivity index (χ4n) is 3.56. The summed E-state index contributed by atoms with van der Waals surface area (Å²) in [6.07, 6.45) is 0. The van der Waals surface area contributed by atoms with Crippen LogP contribution in [0.3, 0.4) is 0 Å². The van der Waals surface area contributed by atoms with Gasteiger partial charge in [-0.15, -0.1) is 5.10 Å². The first-order valence-electron chi connectivity index (χ1n) is 10.6. The molecule has 2 N–H and O–H groups in total. The second kappa shape index (κ2) is 10.4. The Labute approximate surface area is 200 Å². The second-order valence-electron chi connectivity index (χ2n) is 7.42. The molecule has 0 saturated heterocycles. The zero-order valence-electron chi connectivity index (χ0n) is 18.9. The quantitative estimate of drug-likeness (QED) is 0.373. The number of benzene rings is 2. The molecule has 1 aliphatic rings. The van der Waals surface area contributed by atoms with E-state index in [9.17, 15) is 9.59 Å². The van der Waals surface area contributed by atoms with Crippen molar-refractivity contribution in [3.05, 3.63) is 70.9 Å². The molecule has 0 fully saturated rings.